The molecule has 2 aromatic rings. The molecule has 1 aromatic heterocycles. The standard InChI is InChI=1S/C15H15F2N3O/c1-3-18-14-7-10(6-9(2)19-14)15(21)20-13-5-4-11(16)8-12(13)17/h4-8H,3H2,1-2H3,(H,18,19)(H,20,21). The van der Waals surface area contributed by atoms with Crippen LogP contribution < -0.4 is 10.6 Å². The second-order valence-corrected chi connectivity index (χ2v) is 4.49. The number of amides is 1. The van der Waals surface area contributed by atoms with Crippen molar-refractivity contribution in [3.8, 4) is 0 Å². The van der Waals surface area contributed by atoms with E-state index in [-0.39, 0.29) is 5.69 Å². The molecule has 0 aliphatic rings. The van der Waals surface area contributed by atoms with Crippen molar-refractivity contribution >= 4 is 17.4 Å². The van der Waals surface area contributed by atoms with Crippen molar-refractivity contribution in [2.75, 3.05) is 17.2 Å². The number of halogens is 2. The fourth-order valence-corrected chi connectivity index (χ4v) is 1.86. The average Bonchev–Trinajstić information content (AvgIpc) is 2.41. The summed E-state index contributed by atoms with van der Waals surface area (Å²) in [6.07, 6.45) is 0. The summed E-state index contributed by atoms with van der Waals surface area (Å²) in [4.78, 5) is 16.4. The number of hydrogen-bond acceptors (Lipinski definition) is 3. The van der Waals surface area contributed by atoms with E-state index in [4.69, 9.17) is 0 Å². The predicted molar refractivity (Wildman–Crippen MR) is 77.4 cm³/mol. The molecule has 2 N–H and O–H groups in total. The molecule has 0 spiro atoms. The molecular formula is C15H15F2N3O. The molecule has 1 heterocycles. The van der Waals surface area contributed by atoms with Crippen LogP contribution in [0, 0.1) is 18.6 Å². The Balaban J connectivity index is 2.23. The highest BCUT2D eigenvalue weighted by Gasteiger charge is 2.12. The van der Waals surface area contributed by atoms with Crippen molar-refractivity contribution in [3.63, 3.8) is 0 Å². The first-order valence-corrected chi connectivity index (χ1v) is 6.48. The third-order valence-electron chi connectivity index (χ3n) is 2.75. The average molecular weight is 291 g/mol. The lowest BCUT2D eigenvalue weighted by Gasteiger charge is -2.09. The molecule has 0 saturated heterocycles. The number of anilines is 2. The summed E-state index contributed by atoms with van der Waals surface area (Å²) in [5.74, 6) is -1.42. The van der Waals surface area contributed by atoms with Gasteiger partial charge in [0.15, 0.2) is 0 Å². The lowest BCUT2D eigenvalue weighted by Crippen LogP contribution is -2.14. The Morgan fingerprint density at radius 3 is 2.67 bits per heavy atom. The van der Waals surface area contributed by atoms with Gasteiger partial charge in [0.2, 0.25) is 0 Å². The number of nitrogens with zero attached hydrogens (tertiary/aromatic N) is 1. The summed E-state index contributed by atoms with van der Waals surface area (Å²) in [5, 5.41) is 5.43. The van der Waals surface area contributed by atoms with Crippen LogP contribution in [0.15, 0.2) is 30.3 Å². The molecule has 21 heavy (non-hydrogen) atoms. The van der Waals surface area contributed by atoms with Crippen molar-refractivity contribution in [3.05, 3.63) is 53.2 Å². The first-order chi connectivity index (χ1) is 9.99. The molecule has 0 atom stereocenters. The largest absolute Gasteiger partial charge is 0.370 e. The van der Waals surface area contributed by atoms with E-state index in [9.17, 15) is 13.6 Å². The molecule has 2 rings (SSSR count). The molecule has 0 saturated carbocycles. The summed E-state index contributed by atoms with van der Waals surface area (Å²) < 4.78 is 26.4. The molecule has 110 valence electrons. The number of nitrogens with one attached hydrogen (secondary N) is 2. The van der Waals surface area contributed by atoms with Gasteiger partial charge in [-0.3, -0.25) is 4.79 Å². The van der Waals surface area contributed by atoms with E-state index in [0.717, 1.165) is 12.1 Å². The van der Waals surface area contributed by atoms with E-state index >= 15 is 0 Å². The van der Waals surface area contributed by atoms with Crippen LogP contribution in [0.5, 0.6) is 0 Å². The first-order valence-electron chi connectivity index (χ1n) is 6.48. The molecule has 0 fully saturated rings. The first kappa shape index (κ1) is 14.9. The Kier molecular flexibility index (Phi) is 4.47. The van der Waals surface area contributed by atoms with Crippen molar-refractivity contribution in [1.82, 2.24) is 4.98 Å². The normalized spacial score (nSPS) is 10.3. The summed E-state index contributed by atoms with van der Waals surface area (Å²) >= 11 is 0. The van der Waals surface area contributed by atoms with E-state index in [1.807, 2.05) is 6.92 Å². The number of carbonyl (C=O) groups excluding carboxylic acids is 1. The highest BCUT2D eigenvalue weighted by molar-refractivity contribution is 6.04. The monoisotopic (exact) mass is 291 g/mol. The Hall–Kier alpha value is -2.50. The number of hydrogen-bond donors (Lipinski definition) is 2. The fraction of sp³-hybridized carbons (Fsp3) is 0.200. The highest BCUT2D eigenvalue weighted by atomic mass is 19.1. The Morgan fingerprint density at radius 1 is 1.24 bits per heavy atom. The maximum Gasteiger partial charge on any atom is 0.255 e. The molecule has 0 bridgehead atoms. The van der Waals surface area contributed by atoms with Crippen molar-refractivity contribution < 1.29 is 13.6 Å². The molecule has 6 heteroatoms. The van der Waals surface area contributed by atoms with Crippen LogP contribution in [0.4, 0.5) is 20.3 Å². The van der Waals surface area contributed by atoms with Crippen LogP contribution in [0.25, 0.3) is 0 Å². The minimum atomic E-state index is -0.818. The van der Waals surface area contributed by atoms with Crippen molar-refractivity contribution in [2.24, 2.45) is 0 Å². The summed E-state index contributed by atoms with van der Waals surface area (Å²) in [6, 6.07) is 6.16. The van der Waals surface area contributed by atoms with Gasteiger partial charge in [0.25, 0.3) is 5.91 Å². The predicted octanol–water partition coefficient (Wildman–Crippen LogP) is 3.35. The molecule has 0 aliphatic carbocycles. The minimum Gasteiger partial charge on any atom is -0.370 e. The summed E-state index contributed by atoms with van der Waals surface area (Å²) in [5.41, 5.74) is 0.946. The van der Waals surface area contributed by atoms with Crippen LogP contribution in [0.3, 0.4) is 0 Å². The maximum atomic E-state index is 13.5. The van der Waals surface area contributed by atoms with E-state index in [1.54, 1.807) is 19.1 Å². The van der Waals surface area contributed by atoms with Crippen LogP contribution in [-0.2, 0) is 0 Å². The van der Waals surface area contributed by atoms with Crippen LogP contribution in [0.2, 0.25) is 0 Å². The van der Waals surface area contributed by atoms with Gasteiger partial charge in [-0.1, -0.05) is 0 Å². The SMILES string of the molecule is CCNc1cc(C(=O)Nc2ccc(F)cc2F)cc(C)n1. The van der Waals surface area contributed by atoms with Crippen molar-refractivity contribution in [2.45, 2.75) is 13.8 Å². The number of aryl methyl sites for hydroxylation is 1. The smallest absolute Gasteiger partial charge is 0.255 e. The van der Waals surface area contributed by atoms with E-state index in [0.29, 0.717) is 23.6 Å². The zero-order chi connectivity index (χ0) is 15.4. The summed E-state index contributed by atoms with van der Waals surface area (Å²) in [6.45, 7) is 4.35. The second-order valence-electron chi connectivity index (χ2n) is 4.49. The number of aromatic nitrogens is 1. The molecule has 0 aliphatic heterocycles. The zero-order valence-corrected chi connectivity index (χ0v) is 11.7. The van der Waals surface area contributed by atoms with E-state index in [2.05, 4.69) is 15.6 Å². The van der Waals surface area contributed by atoms with Crippen LogP contribution in [0.1, 0.15) is 23.0 Å². The van der Waals surface area contributed by atoms with Crippen molar-refractivity contribution in [1.29, 1.82) is 0 Å². The summed E-state index contributed by atoms with van der Waals surface area (Å²) in [7, 11) is 0. The van der Waals surface area contributed by atoms with Gasteiger partial charge >= 0.3 is 0 Å². The van der Waals surface area contributed by atoms with Gasteiger partial charge in [0.1, 0.15) is 17.5 Å². The topological polar surface area (TPSA) is 54.0 Å². The Labute approximate surface area is 121 Å². The van der Waals surface area contributed by atoms with Gasteiger partial charge in [0.05, 0.1) is 5.69 Å². The Morgan fingerprint density at radius 2 is 2.00 bits per heavy atom. The number of benzene rings is 1. The molecule has 0 radical (unpaired) electrons. The quantitative estimate of drug-likeness (QED) is 0.908. The third kappa shape index (κ3) is 3.75. The zero-order valence-electron chi connectivity index (χ0n) is 11.7. The third-order valence-corrected chi connectivity index (χ3v) is 2.75. The van der Waals surface area contributed by atoms with Gasteiger partial charge in [-0.05, 0) is 38.1 Å². The van der Waals surface area contributed by atoms with Gasteiger partial charge in [-0.25, -0.2) is 13.8 Å². The Bertz CT molecular complexity index is 674. The van der Waals surface area contributed by atoms with Gasteiger partial charge < -0.3 is 10.6 Å². The maximum absolute atomic E-state index is 13.5. The molecule has 1 amide bonds. The number of carbonyl (C=O) groups is 1. The molecule has 1 aromatic carbocycles. The fourth-order valence-electron chi connectivity index (χ4n) is 1.86. The minimum absolute atomic E-state index is 0.0686. The number of pyridine rings is 1. The van der Waals surface area contributed by atoms with Crippen LogP contribution in [-0.4, -0.2) is 17.4 Å². The number of rotatable bonds is 4. The molecular weight excluding hydrogens is 276 g/mol. The highest BCUT2D eigenvalue weighted by Crippen LogP contribution is 2.17. The van der Waals surface area contributed by atoms with Gasteiger partial charge in [-0.15, -0.1) is 0 Å². The van der Waals surface area contributed by atoms with E-state index < -0.39 is 17.5 Å². The second kappa shape index (κ2) is 6.30. The van der Waals surface area contributed by atoms with Gasteiger partial charge in [0, 0.05) is 23.9 Å². The van der Waals surface area contributed by atoms with Crippen LogP contribution >= 0.6 is 0 Å². The van der Waals surface area contributed by atoms with Gasteiger partial charge in [-0.2, -0.15) is 0 Å². The lowest BCUT2D eigenvalue weighted by molar-refractivity contribution is 0.102. The van der Waals surface area contributed by atoms with E-state index in [1.165, 1.54) is 6.07 Å². The lowest BCUT2D eigenvalue weighted by atomic mass is 10.2. The molecule has 0 unspecified atom stereocenters. The molecule has 4 nitrogen and oxygen atoms in total.